The van der Waals surface area contributed by atoms with Gasteiger partial charge in [0.1, 0.15) is 63.9 Å². The summed E-state index contributed by atoms with van der Waals surface area (Å²) < 4.78 is 19.7. The molecule has 2 aliphatic rings. The van der Waals surface area contributed by atoms with Crippen molar-refractivity contribution in [1.82, 2.24) is 9.97 Å². The quantitative estimate of drug-likeness (QED) is 0.0832. The largest absolute Gasteiger partial charge is 0.508 e. The maximum absolute atomic E-state index is 13.9. The van der Waals surface area contributed by atoms with Gasteiger partial charge in [-0.1, -0.05) is 24.3 Å². The van der Waals surface area contributed by atoms with Gasteiger partial charge in [0.25, 0.3) is 0 Å². The molecule has 2 aromatic carbocycles. The summed E-state index contributed by atoms with van der Waals surface area (Å²) in [6, 6.07) is 12.9. The van der Waals surface area contributed by atoms with Gasteiger partial charge in [0, 0.05) is 53.8 Å². The Morgan fingerprint density at radius 2 is 1.89 bits per heavy atom. The van der Waals surface area contributed by atoms with Crippen LogP contribution >= 0.6 is 0 Å². The van der Waals surface area contributed by atoms with Gasteiger partial charge in [-0.2, -0.15) is 0 Å². The van der Waals surface area contributed by atoms with Gasteiger partial charge in [0.2, 0.25) is 0 Å². The van der Waals surface area contributed by atoms with Gasteiger partial charge in [-0.15, -0.1) is 0 Å². The van der Waals surface area contributed by atoms with E-state index in [1.807, 2.05) is 13.0 Å². The van der Waals surface area contributed by atoms with Crippen LogP contribution in [0.4, 0.5) is 11.6 Å². The first-order chi connectivity index (χ1) is 26.9. The molecule has 2 bridgehead atoms. The van der Waals surface area contributed by atoms with E-state index in [1.165, 1.54) is 18.2 Å². The number of rotatable bonds is 9. The number of benzene rings is 2. The average Bonchev–Trinajstić information content (AvgIpc) is 3.17. The number of fused-ring (bicyclic) bond motifs is 4. The highest BCUT2D eigenvalue weighted by molar-refractivity contribution is 5.92. The number of nitrogen functional groups attached to an aromatic ring is 2. The predicted octanol–water partition coefficient (Wildman–Crippen LogP) is 3.91. The molecule has 0 saturated carbocycles. The SMILES string of the molecule is C/C=C(/CO)C(=O)O[C@@H]1Cc2c3c(c4oc(CO)cc(=O)c4c2O)[C@@H]([C@H](CO)c2cccc(O)c2)c2ccnc(N)c2CC[C@@H](Cc2ccc(N)nc2)[C@]1(C)O3. The molecule has 0 saturated heterocycles. The summed E-state index contributed by atoms with van der Waals surface area (Å²) in [6.07, 6.45) is 4.56. The summed E-state index contributed by atoms with van der Waals surface area (Å²) >= 11 is 0. The minimum Gasteiger partial charge on any atom is -0.508 e. The average molecular weight is 765 g/mol. The summed E-state index contributed by atoms with van der Waals surface area (Å²) in [6.45, 7) is 1.74. The zero-order valence-corrected chi connectivity index (χ0v) is 30.9. The molecule has 0 aliphatic carbocycles. The van der Waals surface area contributed by atoms with E-state index >= 15 is 0 Å². The second kappa shape index (κ2) is 15.3. The lowest BCUT2D eigenvalue weighted by molar-refractivity contribution is -0.165. The normalized spacial score (nSPS) is 21.2. The van der Waals surface area contributed by atoms with Gasteiger partial charge in [0.15, 0.2) is 5.43 Å². The van der Waals surface area contributed by atoms with Crippen molar-refractivity contribution in [2.45, 2.75) is 69.7 Å². The van der Waals surface area contributed by atoms with E-state index in [-0.39, 0.29) is 57.2 Å². The molecule has 7 rings (SSSR count). The zero-order chi connectivity index (χ0) is 39.9. The number of phenols is 2. The number of hydrogen-bond acceptors (Lipinski definition) is 14. The van der Waals surface area contributed by atoms with Crippen LogP contribution in [0.1, 0.15) is 71.2 Å². The van der Waals surface area contributed by atoms with E-state index in [2.05, 4.69) is 9.97 Å². The molecule has 0 amide bonds. The number of phenolic OH excluding ortho intramolecular Hbond substituents is 2. The first-order valence-corrected chi connectivity index (χ1v) is 18.4. The number of carbonyl (C=O) groups excluding carboxylic acids is 1. The van der Waals surface area contributed by atoms with E-state index < -0.39 is 66.4 Å². The molecular formula is C42H44N4O10. The zero-order valence-electron chi connectivity index (χ0n) is 30.9. The maximum Gasteiger partial charge on any atom is 0.336 e. The van der Waals surface area contributed by atoms with Crippen molar-refractivity contribution in [3.8, 4) is 17.2 Å². The Labute approximate surface area is 321 Å². The van der Waals surface area contributed by atoms with E-state index in [9.17, 15) is 35.1 Å². The molecule has 3 aromatic heterocycles. The molecular weight excluding hydrogens is 720 g/mol. The van der Waals surface area contributed by atoms with E-state index in [4.69, 9.17) is 25.4 Å². The smallest absolute Gasteiger partial charge is 0.336 e. The monoisotopic (exact) mass is 764 g/mol. The van der Waals surface area contributed by atoms with Crippen molar-refractivity contribution in [2.75, 3.05) is 24.7 Å². The maximum atomic E-state index is 13.9. The molecule has 56 heavy (non-hydrogen) atoms. The third-order valence-electron chi connectivity index (χ3n) is 11.4. The number of pyridine rings is 2. The first-order valence-electron chi connectivity index (χ1n) is 18.4. The summed E-state index contributed by atoms with van der Waals surface area (Å²) in [5, 5.41) is 54.0. The van der Waals surface area contributed by atoms with E-state index in [1.54, 1.807) is 43.6 Å². The number of aliphatic hydroxyl groups excluding tert-OH is 3. The lowest BCUT2D eigenvalue weighted by Crippen LogP contribution is -2.57. The number of aromatic nitrogens is 2. The Balaban J connectivity index is 1.60. The summed E-state index contributed by atoms with van der Waals surface area (Å²) in [5.74, 6) is -2.88. The molecule has 5 atom stereocenters. The number of aliphatic hydroxyl groups is 3. The summed E-state index contributed by atoms with van der Waals surface area (Å²) in [7, 11) is 0. The number of allylic oxidation sites excluding steroid dienone is 1. The van der Waals surface area contributed by atoms with Crippen LogP contribution in [0.2, 0.25) is 0 Å². The van der Waals surface area contributed by atoms with Crippen LogP contribution in [0.5, 0.6) is 17.2 Å². The Morgan fingerprint density at radius 1 is 1.09 bits per heavy atom. The first kappa shape index (κ1) is 38.3. The minimum atomic E-state index is -1.37. The molecule has 292 valence electrons. The van der Waals surface area contributed by atoms with Gasteiger partial charge in [0.05, 0.1) is 18.8 Å². The number of nitrogens with zero attached hydrogens (tertiary/aromatic N) is 2. The molecule has 2 aliphatic heterocycles. The van der Waals surface area contributed by atoms with Crippen LogP contribution in [-0.2, 0) is 35.4 Å². The number of aromatic hydroxyl groups is 2. The van der Waals surface area contributed by atoms with Gasteiger partial charge in [-0.25, -0.2) is 14.8 Å². The topological polar surface area (TPSA) is 245 Å². The van der Waals surface area contributed by atoms with Crippen LogP contribution in [0.25, 0.3) is 11.0 Å². The van der Waals surface area contributed by atoms with Crippen molar-refractivity contribution in [3.63, 3.8) is 0 Å². The Morgan fingerprint density at radius 3 is 2.57 bits per heavy atom. The highest BCUT2D eigenvalue weighted by Crippen LogP contribution is 2.56. The molecule has 5 aromatic rings. The van der Waals surface area contributed by atoms with Gasteiger partial charge >= 0.3 is 5.97 Å². The van der Waals surface area contributed by atoms with Gasteiger partial charge < -0.3 is 50.9 Å². The molecule has 9 N–H and O–H groups in total. The molecule has 14 nitrogen and oxygen atoms in total. The van der Waals surface area contributed by atoms with Crippen LogP contribution < -0.4 is 21.6 Å². The number of esters is 1. The van der Waals surface area contributed by atoms with Crippen molar-refractivity contribution in [1.29, 1.82) is 0 Å². The molecule has 0 unspecified atom stereocenters. The Kier molecular flexibility index (Phi) is 10.5. The molecule has 0 radical (unpaired) electrons. The Hall–Kier alpha value is -5.96. The van der Waals surface area contributed by atoms with Crippen molar-refractivity contribution in [3.05, 3.63) is 122 Å². The van der Waals surface area contributed by atoms with Crippen LogP contribution in [0.3, 0.4) is 0 Å². The van der Waals surface area contributed by atoms with Crippen molar-refractivity contribution < 1.29 is 44.2 Å². The van der Waals surface area contributed by atoms with Crippen LogP contribution in [0.15, 0.2) is 81.8 Å². The van der Waals surface area contributed by atoms with Gasteiger partial charge in [-0.05, 0) is 79.6 Å². The summed E-state index contributed by atoms with van der Waals surface area (Å²) in [5.41, 5.74) is 13.6. The van der Waals surface area contributed by atoms with Gasteiger partial charge in [-0.3, -0.25) is 4.79 Å². The highest BCUT2D eigenvalue weighted by atomic mass is 16.6. The fourth-order valence-electron chi connectivity index (χ4n) is 8.37. The fourth-order valence-corrected chi connectivity index (χ4v) is 8.37. The van der Waals surface area contributed by atoms with Crippen LogP contribution in [0, 0.1) is 5.92 Å². The number of nitrogens with two attached hydrogens (primary N) is 2. The number of hydrogen-bond donors (Lipinski definition) is 7. The predicted molar refractivity (Wildman–Crippen MR) is 206 cm³/mol. The minimum absolute atomic E-state index is 0.0175. The van der Waals surface area contributed by atoms with Crippen LogP contribution in [-0.4, -0.2) is 66.4 Å². The lowest BCUT2D eigenvalue weighted by Gasteiger charge is -2.48. The van der Waals surface area contributed by atoms with Crippen molar-refractivity contribution in [2.24, 2.45) is 5.92 Å². The molecule has 14 heteroatoms. The van der Waals surface area contributed by atoms with Crippen molar-refractivity contribution >= 4 is 28.6 Å². The number of ether oxygens (including phenoxy) is 2. The molecule has 5 heterocycles. The third kappa shape index (κ3) is 6.69. The summed E-state index contributed by atoms with van der Waals surface area (Å²) in [4.78, 5) is 36.3. The second-order valence-corrected chi connectivity index (χ2v) is 14.5. The number of carbonyl (C=O) groups is 1. The highest BCUT2D eigenvalue weighted by Gasteiger charge is 2.52. The number of anilines is 2. The van der Waals surface area contributed by atoms with E-state index in [0.29, 0.717) is 41.8 Å². The third-order valence-corrected chi connectivity index (χ3v) is 11.4. The standard InChI is InChI=1S/C42H44N4O10/c1-3-22(18-47)41(53)55-32-16-29-37(52)35-31(51)15-26(19-48)54-39(35)36-34(30(20-49)23-5-4-6-25(50)14-23)27-11-12-45-40(44)28(27)9-8-24(42(32,2)56-38(29)36)13-21-7-10-33(43)46-17-21/h3-7,10-12,14-15,17,24,30,32,34,47-50,52H,8-9,13,16,18-20H2,1-2H3,(H2,43,46)(H2,44,45)/b22-3-/t24-,30+,32+,34+,42-/m0/s1. The second-order valence-electron chi connectivity index (χ2n) is 14.5. The fraction of sp³-hybridized carbons (Fsp3) is 0.333. The Bertz CT molecular complexity index is 2390. The lowest BCUT2D eigenvalue weighted by atomic mass is 9.69. The molecule has 0 spiro atoms. The van der Waals surface area contributed by atoms with E-state index in [0.717, 1.165) is 11.6 Å². The molecule has 0 fully saturated rings.